The Morgan fingerprint density at radius 1 is 1.44 bits per heavy atom. The largest absolute Gasteiger partial charge is 0.397 e. The molecule has 0 radical (unpaired) electrons. The van der Waals surface area contributed by atoms with Gasteiger partial charge in [-0.3, -0.25) is 0 Å². The molecule has 2 heterocycles. The molecular formula is C11H13N3S2. The van der Waals surface area contributed by atoms with Crippen LogP contribution < -0.4 is 5.73 Å². The number of hydrogen-bond donors (Lipinski definition) is 1. The molecule has 2 N–H and O–H groups in total. The van der Waals surface area contributed by atoms with Gasteiger partial charge in [0.15, 0.2) is 0 Å². The van der Waals surface area contributed by atoms with E-state index in [1.165, 1.54) is 4.88 Å². The summed E-state index contributed by atoms with van der Waals surface area (Å²) in [6.07, 6.45) is 2.80. The Hall–Kier alpha value is -1.07. The average molecular weight is 251 g/mol. The Balaban J connectivity index is 1.89. The third kappa shape index (κ3) is 2.74. The minimum Gasteiger partial charge on any atom is -0.397 e. The van der Waals surface area contributed by atoms with Gasteiger partial charge in [0, 0.05) is 16.8 Å². The number of pyridine rings is 1. The van der Waals surface area contributed by atoms with E-state index in [0.717, 1.165) is 28.6 Å². The van der Waals surface area contributed by atoms with Crippen molar-refractivity contribution in [2.75, 3.05) is 11.5 Å². The first-order chi connectivity index (χ1) is 7.77. The van der Waals surface area contributed by atoms with Crippen molar-refractivity contribution in [1.82, 2.24) is 9.97 Å². The second kappa shape index (κ2) is 5.32. The second-order valence-corrected chi connectivity index (χ2v) is 5.38. The van der Waals surface area contributed by atoms with Gasteiger partial charge < -0.3 is 5.73 Å². The van der Waals surface area contributed by atoms with Gasteiger partial charge in [-0.25, -0.2) is 9.97 Å². The highest BCUT2D eigenvalue weighted by Gasteiger charge is 2.03. The SMILES string of the molecule is Cc1ncsc1CCSc1ncccc1N. The lowest BCUT2D eigenvalue weighted by Crippen LogP contribution is -1.93. The molecule has 0 bridgehead atoms. The topological polar surface area (TPSA) is 51.8 Å². The summed E-state index contributed by atoms with van der Waals surface area (Å²) in [7, 11) is 0. The van der Waals surface area contributed by atoms with Crippen molar-refractivity contribution in [1.29, 1.82) is 0 Å². The van der Waals surface area contributed by atoms with Crippen molar-refractivity contribution >= 4 is 28.8 Å². The first kappa shape index (κ1) is 11.4. The standard InChI is InChI=1S/C11H13N3S2/c1-8-10(16-7-14-8)4-6-15-11-9(12)3-2-5-13-11/h2-3,5,7H,4,6,12H2,1H3. The Morgan fingerprint density at radius 2 is 2.31 bits per heavy atom. The van der Waals surface area contributed by atoms with Crippen molar-refractivity contribution in [3.8, 4) is 0 Å². The number of hydrogen-bond acceptors (Lipinski definition) is 5. The summed E-state index contributed by atoms with van der Waals surface area (Å²) in [6.45, 7) is 2.05. The number of nitrogen functional groups attached to an aromatic ring is 1. The van der Waals surface area contributed by atoms with Crippen LogP contribution in [0.25, 0.3) is 0 Å². The summed E-state index contributed by atoms with van der Waals surface area (Å²) in [4.78, 5) is 9.82. The van der Waals surface area contributed by atoms with Gasteiger partial charge >= 0.3 is 0 Å². The fraction of sp³-hybridized carbons (Fsp3) is 0.273. The van der Waals surface area contributed by atoms with Gasteiger partial charge in [0.05, 0.1) is 16.9 Å². The summed E-state index contributed by atoms with van der Waals surface area (Å²) < 4.78 is 0. The molecule has 84 valence electrons. The molecule has 0 aliphatic carbocycles. The van der Waals surface area contributed by atoms with Crippen LogP contribution >= 0.6 is 23.1 Å². The molecule has 0 saturated heterocycles. The number of aromatic nitrogens is 2. The minimum atomic E-state index is 0.758. The van der Waals surface area contributed by atoms with Gasteiger partial charge in [0.2, 0.25) is 0 Å². The Morgan fingerprint density at radius 3 is 3.00 bits per heavy atom. The lowest BCUT2D eigenvalue weighted by molar-refractivity contribution is 1.10. The molecule has 0 aliphatic heterocycles. The van der Waals surface area contributed by atoms with Crippen molar-refractivity contribution < 1.29 is 0 Å². The molecule has 0 aromatic carbocycles. The highest BCUT2D eigenvalue weighted by molar-refractivity contribution is 7.99. The molecule has 16 heavy (non-hydrogen) atoms. The van der Waals surface area contributed by atoms with Crippen LogP contribution in [0.15, 0.2) is 28.9 Å². The molecule has 0 fully saturated rings. The molecule has 0 unspecified atom stereocenters. The van der Waals surface area contributed by atoms with Gasteiger partial charge in [-0.2, -0.15) is 0 Å². The van der Waals surface area contributed by atoms with Crippen molar-refractivity contribution in [2.24, 2.45) is 0 Å². The summed E-state index contributed by atoms with van der Waals surface area (Å²) in [5.41, 5.74) is 9.61. The first-order valence-electron chi connectivity index (χ1n) is 4.99. The van der Waals surface area contributed by atoms with Crippen molar-refractivity contribution in [3.63, 3.8) is 0 Å². The van der Waals surface area contributed by atoms with Crippen LogP contribution in [0.5, 0.6) is 0 Å². The molecule has 5 heteroatoms. The monoisotopic (exact) mass is 251 g/mol. The minimum absolute atomic E-state index is 0.758. The summed E-state index contributed by atoms with van der Waals surface area (Å²) in [5, 5.41) is 0.921. The van der Waals surface area contributed by atoms with E-state index < -0.39 is 0 Å². The maximum absolute atomic E-state index is 5.82. The quantitative estimate of drug-likeness (QED) is 0.849. The maximum Gasteiger partial charge on any atom is 0.119 e. The van der Waals surface area contributed by atoms with Gasteiger partial charge in [0.25, 0.3) is 0 Å². The fourth-order valence-corrected chi connectivity index (χ4v) is 3.11. The summed E-state index contributed by atoms with van der Waals surface area (Å²) in [5.74, 6) is 0.990. The van der Waals surface area contributed by atoms with Gasteiger partial charge in [-0.1, -0.05) is 0 Å². The zero-order chi connectivity index (χ0) is 11.4. The highest BCUT2D eigenvalue weighted by Crippen LogP contribution is 2.23. The number of nitrogens with zero attached hydrogens (tertiary/aromatic N) is 2. The Kier molecular flexibility index (Phi) is 3.79. The molecular weight excluding hydrogens is 238 g/mol. The molecule has 0 saturated carbocycles. The smallest absolute Gasteiger partial charge is 0.119 e. The lowest BCUT2D eigenvalue weighted by atomic mass is 10.3. The summed E-state index contributed by atoms with van der Waals surface area (Å²) >= 11 is 3.41. The third-order valence-electron chi connectivity index (χ3n) is 2.21. The normalized spacial score (nSPS) is 10.6. The van der Waals surface area contributed by atoms with Crippen LogP contribution in [0.2, 0.25) is 0 Å². The number of nitrogens with two attached hydrogens (primary N) is 1. The summed E-state index contributed by atoms with van der Waals surface area (Å²) in [6, 6.07) is 3.74. The average Bonchev–Trinajstić information content (AvgIpc) is 2.67. The lowest BCUT2D eigenvalue weighted by Gasteiger charge is -2.02. The molecule has 2 aromatic heterocycles. The van der Waals surface area contributed by atoms with E-state index in [2.05, 4.69) is 9.97 Å². The van der Waals surface area contributed by atoms with Crippen LogP contribution in [-0.4, -0.2) is 15.7 Å². The molecule has 0 aliphatic rings. The van der Waals surface area contributed by atoms with E-state index in [9.17, 15) is 0 Å². The molecule has 0 atom stereocenters. The number of anilines is 1. The predicted octanol–water partition coefficient (Wildman–Crippen LogP) is 2.76. The van der Waals surface area contributed by atoms with E-state index in [1.807, 2.05) is 24.6 Å². The van der Waals surface area contributed by atoms with E-state index in [4.69, 9.17) is 5.73 Å². The van der Waals surface area contributed by atoms with E-state index in [1.54, 1.807) is 29.3 Å². The number of rotatable bonds is 4. The van der Waals surface area contributed by atoms with Gasteiger partial charge in [-0.05, 0) is 25.5 Å². The first-order valence-corrected chi connectivity index (χ1v) is 6.86. The number of thiazole rings is 1. The van der Waals surface area contributed by atoms with Gasteiger partial charge in [0.1, 0.15) is 5.03 Å². The molecule has 0 amide bonds. The van der Waals surface area contributed by atoms with Gasteiger partial charge in [-0.15, -0.1) is 23.1 Å². The fourth-order valence-electron chi connectivity index (χ4n) is 1.33. The predicted molar refractivity (Wildman–Crippen MR) is 69.9 cm³/mol. The molecule has 2 rings (SSSR count). The number of thioether (sulfide) groups is 1. The zero-order valence-corrected chi connectivity index (χ0v) is 10.6. The molecule has 2 aromatic rings. The molecule has 0 spiro atoms. The van der Waals surface area contributed by atoms with E-state index in [-0.39, 0.29) is 0 Å². The van der Waals surface area contributed by atoms with Crippen LogP contribution in [0.4, 0.5) is 5.69 Å². The number of aryl methyl sites for hydroxylation is 2. The Bertz CT molecular complexity index is 468. The van der Waals surface area contributed by atoms with Crippen LogP contribution in [0.3, 0.4) is 0 Å². The van der Waals surface area contributed by atoms with Crippen LogP contribution in [0, 0.1) is 6.92 Å². The van der Waals surface area contributed by atoms with E-state index in [0.29, 0.717) is 0 Å². The maximum atomic E-state index is 5.82. The third-order valence-corrected chi connectivity index (χ3v) is 4.23. The van der Waals surface area contributed by atoms with Crippen LogP contribution in [0.1, 0.15) is 10.6 Å². The van der Waals surface area contributed by atoms with Crippen molar-refractivity contribution in [3.05, 3.63) is 34.4 Å². The van der Waals surface area contributed by atoms with E-state index >= 15 is 0 Å². The Labute approximate surface area is 103 Å². The molecule has 3 nitrogen and oxygen atoms in total. The van der Waals surface area contributed by atoms with Crippen LogP contribution in [-0.2, 0) is 6.42 Å². The zero-order valence-electron chi connectivity index (χ0n) is 9.01. The second-order valence-electron chi connectivity index (χ2n) is 3.36. The van der Waals surface area contributed by atoms with Crippen molar-refractivity contribution in [2.45, 2.75) is 18.4 Å². The highest BCUT2D eigenvalue weighted by atomic mass is 32.2.